The first-order valence-electron chi connectivity index (χ1n) is 8.11. The minimum atomic E-state index is -0.381. The van der Waals surface area contributed by atoms with Crippen molar-refractivity contribution in [1.82, 2.24) is 0 Å². The normalized spacial score (nSPS) is 30.7. The van der Waals surface area contributed by atoms with Crippen molar-refractivity contribution in [3.05, 3.63) is 35.1 Å². The van der Waals surface area contributed by atoms with E-state index in [0.29, 0.717) is 0 Å². The van der Waals surface area contributed by atoms with Crippen molar-refractivity contribution in [2.24, 2.45) is 11.3 Å². The van der Waals surface area contributed by atoms with Gasteiger partial charge in [0, 0.05) is 5.92 Å². The lowest BCUT2D eigenvalue weighted by Crippen LogP contribution is -2.44. The summed E-state index contributed by atoms with van der Waals surface area (Å²) < 4.78 is 10.4. The molecule has 0 aliphatic heterocycles. The van der Waals surface area contributed by atoms with Crippen LogP contribution in [0.1, 0.15) is 47.0 Å². The van der Waals surface area contributed by atoms with E-state index in [1.807, 2.05) is 19.9 Å². The summed E-state index contributed by atoms with van der Waals surface area (Å²) in [6.45, 7) is 8.26. The van der Waals surface area contributed by atoms with Gasteiger partial charge in [-0.1, -0.05) is 25.0 Å². The summed E-state index contributed by atoms with van der Waals surface area (Å²) in [6, 6.07) is 0. The molecule has 2 rings (SSSR count). The topological polar surface area (TPSA) is 52.6 Å². The molecular formula is C19H26O4. The van der Waals surface area contributed by atoms with Gasteiger partial charge in [0.1, 0.15) is 6.10 Å². The number of carbonyl (C=O) groups excluding carboxylic acids is 2. The van der Waals surface area contributed by atoms with Gasteiger partial charge in [-0.25, -0.2) is 4.79 Å². The summed E-state index contributed by atoms with van der Waals surface area (Å²) in [7, 11) is 1.49. The Morgan fingerprint density at radius 1 is 1.39 bits per heavy atom. The van der Waals surface area contributed by atoms with E-state index >= 15 is 0 Å². The zero-order valence-corrected chi connectivity index (χ0v) is 14.6. The molecule has 0 bridgehead atoms. The third-order valence-electron chi connectivity index (χ3n) is 5.35. The molecule has 1 fully saturated rings. The summed E-state index contributed by atoms with van der Waals surface area (Å²) >= 11 is 0. The maximum absolute atomic E-state index is 12.3. The van der Waals surface area contributed by atoms with Crippen LogP contribution in [0.4, 0.5) is 0 Å². The minimum Gasteiger partial charge on any atom is -0.504 e. The van der Waals surface area contributed by atoms with Crippen LogP contribution in [0, 0.1) is 11.3 Å². The second-order valence-corrected chi connectivity index (χ2v) is 6.95. The van der Waals surface area contributed by atoms with Gasteiger partial charge in [-0.2, -0.15) is 0 Å². The Bertz CT molecular complexity index is 592. The highest BCUT2D eigenvalue weighted by molar-refractivity contribution is 6.06. The molecule has 0 amide bonds. The molecule has 3 atom stereocenters. The zero-order valence-electron chi connectivity index (χ0n) is 14.6. The Kier molecular flexibility index (Phi) is 5.12. The Balaban J connectivity index is 2.23. The summed E-state index contributed by atoms with van der Waals surface area (Å²) in [6.07, 6.45) is 6.57. The fraction of sp³-hybridized carbons (Fsp3) is 0.579. The molecule has 0 saturated heterocycles. The monoisotopic (exact) mass is 318 g/mol. The van der Waals surface area contributed by atoms with E-state index in [4.69, 9.17) is 9.47 Å². The van der Waals surface area contributed by atoms with Gasteiger partial charge in [-0.3, -0.25) is 4.79 Å². The van der Waals surface area contributed by atoms with Crippen molar-refractivity contribution in [3.63, 3.8) is 0 Å². The van der Waals surface area contributed by atoms with Gasteiger partial charge >= 0.3 is 5.97 Å². The van der Waals surface area contributed by atoms with Gasteiger partial charge in [0.15, 0.2) is 5.78 Å². The van der Waals surface area contributed by atoms with Crippen LogP contribution in [0.5, 0.6) is 0 Å². The fourth-order valence-corrected chi connectivity index (χ4v) is 3.64. The Labute approximate surface area is 138 Å². The van der Waals surface area contributed by atoms with Crippen LogP contribution in [-0.2, 0) is 19.1 Å². The molecular weight excluding hydrogens is 292 g/mol. The molecule has 0 N–H and O–H groups in total. The summed E-state index contributed by atoms with van der Waals surface area (Å²) in [5, 5.41) is 0. The van der Waals surface area contributed by atoms with Crippen LogP contribution in [0.25, 0.3) is 0 Å². The molecule has 2 aliphatic rings. The standard InChI is InChI=1S/C19H26O4/c1-12(2)15-11-19(4)13(3)17(23-18(21)8-9-22-5)7-6-14(19)10-16(15)20/h8-10,13,17H,6-7,11H2,1-5H3/b9-8+/t13-,17+,19+/m0/s1. The number of ether oxygens (including phenoxy) is 2. The molecule has 0 aromatic heterocycles. The molecule has 0 aromatic carbocycles. The van der Waals surface area contributed by atoms with Crippen LogP contribution >= 0.6 is 0 Å². The van der Waals surface area contributed by atoms with E-state index < -0.39 is 0 Å². The van der Waals surface area contributed by atoms with Crippen molar-refractivity contribution < 1.29 is 19.1 Å². The quantitative estimate of drug-likeness (QED) is 0.452. The van der Waals surface area contributed by atoms with Crippen LogP contribution < -0.4 is 0 Å². The summed E-state index contributed by atoms with van der Waals surface area (Å²) in [4.78, 5) is 24.1. The number of carbonyl (C=O) groups is 2. The Hall–Kier alpha value is -1.84. The number of fused-ring (bicyclic) bond motifs is 1. The first-order valence-corrected chi connectivity index (χ1v) is 8.11. The van der Waals surface area contributed by atoms with Crippen LogP contribution in [0.2, 0.25) is 0 Å². The average Bonchev–Trinajstić information content (AvgIpc) is 2.49. The highest BCUT2D eigenvalue weighted by Crippen LogP contribution is 2.52. The predicted molar refractivity (Wildman–Crippen MR) is 88.6 cm³/mol. The van der Waals surface area contributed by atoms with Crippen molar-refractivity contribution in [2.45, 2.75) is 53.1 Å². The van der Waals surface area contributed by atoms with E-state index in [9.17, 15) is 9.59 Å². The molecule has 0 unspecified atom stereocenters. The van der Waals surface area contributed by atoms with Gasteiger partial charge in [0.05, 0.1) is 19.4 Å². The molecule has 4 nitrogen and oxygen atoms in total. The highest BCUT2D eigenvalue weighted by atomic mass is 16.5. The van der Waals surface area contributed by atoms with Crippen LogP contribution in [-0.4, -0.2) is 25.0 Å². The first-order chi connectivity index (χ1) is 10.8. The van der Waals surface area contributed by atoms with E-state index in [-0.39, 0.29) is 29.2 Å². The largest absolute Gasteiger partial charge is 0.504 e. The van der Waals surface area contributed by atoms with Gasteiger partial charge in [0.2, 0.25) is 0 Å². The van der Waals surface area contributed by atoms with Crippen LogP contribution in [0.3, 0.4) is 0 Å². The predicted octanol–water partition coefficient (Wildman–Crippen LogP) is 3.73. The second kappa shape index (κ2) is 6.73. The number of hydrogen-bond acceptors (Lipinski definition) is 4. The van der Waals surface area contributed by atoms with Crippen LogP contribution in [0.15, 0.2) is 35.1 Å². The van der Waals surface area contributed by atoms with Gasteiger partial charge in [0.25, 0.3) is 0 Å². The number of esters is 1. The van der Waals surface area contributed by atoms with Crippen molar-refractivity contribution >= 4 is 11.8 Å². The lowest BCUT2D eigenvalue weighted by Gasteiger charge is -2.48. The van der Waals surface area contributed by atoms with Gasteiger partial charge in [-0.15, -0.1) is 0 Å². The SMILES string of the molecule is CO/C=C/C(=O)O[C@@H]1CCC2=CC(=O)C(=C(C)C)C[C@]2(C)[C@H]1C. The highest BCUT2D eigenvalue weighted by Gasteiger charge is 2.47. The van der Waals surface area contributed by atoms with Gasteiger partial charge in [-0.05, 0) is 50.2 Å². The van der Waals surface area contributed by atoms with Crippen molar-refractivity contribution in [3.8, 4) is 0 Å². The number of ketones is 1. The van der Waals surface area contributed by atoms with E-state index in [0.717, 1.165) is 30.4 Å². The maximum Gasteiger partial charge on any atom is 0.334 e. The molecule has 23 heavy (non-hydrogen) atoms. The number of hydrogen-bond donors (Lipinski definition) is 0. The third kappa shape index (κ3) is 3.41. The maximum atomic E-state index is 12.3. The summed E-state index contributed by atoms with van der Waals surface area (Å²) in [5.41, 5.74) is 3.03. The van der Waals surface area contributed by atoms with Gasteiger partial charge < -0.3 is 9.47 Å². The molecule has 0 aromatic rings. The lowest BCUT2D eigenvalue weighted by atomic mass is 9.58. The minimum absolute atomic E-state index is 0.130. The van der Waals surface area contributed by atoms with E-state index in [1.54, 1.807) is 0 Å². The van der Waals surface area contributed by atoms with Crippen molar-refractivity contribution in [1.29, 1.82) is 0 Å². The zero-order chi connectivity index (χ0) is 17.2. The molecule has 4 heteroatoms. The third-order valence-corrected chi connectivity index (χ3v) is 5.35. The molecule has 0 heterocycles. The Morgan fingerprint density at radius 2 is 2.09 bits per heavy atom. The Morgan fingerprint density at radius 3 is 2.70 bits per heavy atom. The van der Waals surface area contributed by atoms with E-state index in [1.165, 1.54) is 25.0 Å². The average molecular weight is 318 g/mol. The number of rotatable bonds is 3. The molecule has 0 spiro atoms. The molecule has 0 radical (unpaired) electrons. The molecule has 126 valence electrons. The smallest absolute Gasteiger partial charge is 0.334 e. The number of methoxy groups -OCH3 is 1. The fourth-order valence-electron chi connectivity index (χ4n) is 3.64. The lowest BCUT2D eigenvalue weighted by molar-refractivity contribution is -0.149. The second-order valence-electron chi connectivity index (χ2n) is 6.95. The summed E-state index contributed by atoms with van der Waals surface area (Å²) in [5.74, 6) is -0.0814. The van der Waals surface area contributed by atoms with Crippen molar-refractivity contribution in [2.75, 3.05) is 7.11 Å². The molecule has 2 aliphatic carbocycles. The molecule has 1 saturated carbocycles. The van der Waals surface area contributed by atoms with E-state index in [2.05, 4.69) is 13.8 Å². The number of allylic oxidation sites excluding steroid dienone is 4. The first kappa shape index (κ1) is 17.5.